The van der Waals surface area contributed by atoms with E-state index in [1.165, 1.54) is 0 Å². The molecule has 3 rings (SSSR count). The van der Waals surface area contributed by atoms with E-state index in [0.717, 1.165) is 34.5 Å². The van der Waals surface area contributed by atoms with Gasteiger partial charge in [0.2, 0.25) is 0 Å². The molecule has 1 aromatic carbocycles. The number of pyridine rings is 1. The monoisotopic (exact) mass is 396 g/mol. The average Bonchev–Trinajstić information content (AvgIpc) is 3.04. The number of aromatic amines is 1. The first-order valence-corrected chi connectivity index (χ1v) is 9.95. The number of carbonyl (C=O) groups is 1. The fourth-order valence-electron chi connectivity index (χ4n) is 3.54. The Balaban J connectivity index is 1.91. The molecule has 2 aromatic heterocycles. The molecule has 2 heterocycles. The Labute approximate surface area is 169 Å². The second-order valence-electron chi connectivity index (χ2n) is 7.80. The van der Waals surface area contributed by atoms with E-state index in [2.05, 4.69) is 21.8 Å². The maximum absolute atomic E-state index is 11.7. The summed E-state index contributed by atoms with van der Waals surface area (Å²) in [5.41, 5.74) is 4.25. The molecule has 0 unspecified atom stereocenters. The highest BCUT2D eigenvalue weighted by Gasteiger charge is 2.18. The van der Waals surface area contributed by atoms with Crippen LogP contribution in [0.1, 0.15) is 38.3 Å². The van der Waals surface area contributed by atoms with Gasteiger partial charge in [-0.25, -0.2) is 4.98 Å². The van der Waals surface area contributed by atoms with Crippen LogP contribution in [-0.2, 0) is 17.9 Å². The van der Waals surface area contributed by atoms with E-state index in [4.69, 9.17) is 4.98 Å². The van der Waals surface area contributed by atoms with Crippen LogP contribution in [0.4, 0.5) is 0 Å². The quantitative estimate of drug-likeness (QED) is 0.542. The molecule has 0 saturated carbocycles. The van der Waals surface area contributed by atoms with Crippen LogP contribution in [0, 0.1) is 12.8 Å². The molecule has 0 bridgehead atoms. The fourth-order valence-corrected chi connectivity index (χ4v) is 3.54. The number of aryl methyl sites for hydroxylation is 2. The minimum atomic E-state index is -0.828. The van der Waals surface area contributed by atoms with Gasteiger partial charge < -0.3 is 20.0 Å². The smallest absolute Gasteiger partial charge is 0.320 e. The molecule has 3 N–H and O–H groups in total. The summed E-state index contributed by atoms with van der Waals surface area (Å²) in [4.78, 5) is 30.7. The van der Waals surface area contributed by atoms with Gasteiger partial charge in [0.05, 0.1) is 11.0 Å². The van der Waals surface area contributed by atoms with Crippen molar-refractivity contribution in [2.45, 2.75) is 53.2 Å². The Morgan fingerprint density at radius 1 is 1.31 bits per heavy atom. The molecule has 0 amide bonds. The number of hydrogen-bond donors (Lipinski definition) is 3. The molecular weight excluding hydrogens is 368 g/mol. The summed E-state index contributed by atoms with van der Waals surface area (Å²) in [6.07, 6.45) is 2.27. The van der Waals surface area contributed by atoms with E-state index in [9.17, 15) is 14.7 Å². The van der Waals surface area contributed by atoms with E-state index in [0.29, 0.717) is 24.4 Å². The van der Waals surface area contributed by atoms with Crippen LogP contribution in [0.5, 0.6) is 0 Å². The lowest BCUT2D eigenvalue weighted by atomic mass is 10.0. The van der Waals surface area contributed by atoms with Crippen LogP contribution in [-0.4, -0.2) is 31.7 Å². The number of nitrogens with zero attached hydrogens (tertiary/aromatic N) is 2. The number of hydrogen-bond acceptors (Lipinski definition) is 4. The van der Waals surface area contributed by atoms with Gasteiger partial charge in [0.15, 0.2) is 0 Å². The highest BCUT2D eigenvalue weighted by atomic mass is 16.4. The maximum atomic E-state index is 11.7. The van der Waals surface area contributed by atoms with Gasteiger partial charge in [0.1, 0.15) is 11.9 Å². The van der Waals surface area contributed by atoms with Crippen LogP contribution >= 0.6 is 0 Å². The fraction of sp³-hybridized carbons (Fsp3) is 0.409. The Hall–Kier alpha value is -2.93. The van der Waals surface area contributed by atoms with Crippen molar-refractivity contribution in [2.24, 2.45) is 5.92 Å². The molecule has 0 aliphatic heterocycles. The number of H-pyrrole nitrogens is 1. The van der Waals surface area contributed by atoms with Crippen molar-refractivity contribution < 1.29 is 9.90 Å². The first-order valence-electron chi connectivity index (χ1n) is 9.95. The predicted molar refractivity (Wildman–Crippen MR) is 114 cm³/mol. The molecule has 0 aliphatic carbocycles. The number of rotatable bonds is 8. The van der Waals surface area contributed by atoms with E-state index in [-0.39, 0.29) is 5.56 Å². The summed E-state index contributed by atoms with van der Waals surface area (Å²) in [5.74, 6) is 0.274. The van der Waals surface area contributed by atoms with Gasteiger partial charge in [-0.1, -0.05) is 19.9 Å². The Morgan fingerprint density at radius 2 is 2.07 bits per heavy atom. The molecule has 0 aliphatic rings. The van der Waals surface area contributed by atoms with Gasteiger partial charge in [0.25, 0.3) is 5.56 Å². The third-order valence-corrected chi connectivity index (χ3v) is 5.03. The van der Waals surface area contributed by atoms with Gasteiger partial charge in [-0.3, -0.25) is 9.59 Å². The molecule has 0 radical (unpaired) electrons. The summed E-state index contributed by atoms with van der Waals surface area (Å²) in [7, 11) is 0. The summed E-state index contributed by atoms with van der Waals surface area (Å²) in [5, 5.41) is 12.5. The highest BCUT2D eigenvalue weighted by molar-refractivity contribution is 5.81. The second-order valence-corrected chi connectivity index (χ2v) is 7.80. The lowest BCUT2D eigenvalue weighted by Gasteiger charge is -2.16. The molecule has 3 aromatic rings. The number of imidazole rings is 1. The lowest BCUT2D eigenvalue weighted by Crippen LogP contribution is -2.37. The minimum Gasteiger partial charge on any atom is -0.480 e. The van der Waals surface area contributed by atoms with Crippen LogP contribution in [0.2, 0.25) is 0 Å². The zero-order valence-electron chi connectivity index (χ0n) is 17.3. The SMILES string of the molecule is CCn1c(-c2c[nH]c(=O)c(C)c2)nc2cc(CN[C@@H](CC(C)C)C(=O)O)ccc21. The molecule has 7 nitrogen and oxygen atoms in total. The van der Waals surface area contributed by atoms with Crippen LogP contribution in [0.3, 0.4) is 0 Å². The summed E-state index contributed by atoms with van der Waals surface area (Å²) in [6, 6.07) is 7.28. The number of aromatic nitrogens is 3. The van der Waals surface area contributed by atoms with Gasteiger partial charge in [-0.05, 0) is 49.9 Å². The predicted octanol–water partition coefficient (Wildman–Crippen LogP) is 3.31. The number of carboxylic acid groups (broad SMARTS) is 1. The van der Waals surface area contributed by atoms with E-state index in [1.54, 1.807) is 13.1 Å². The summed E-state index contributed by atoms with van der Waals surface area (Å²) < 4.78 is 2.11. The zero-order valence-corrected chi connectivity index (χ0v) is 17.3. The highest BCUT2D eigenvalue weighted by Crippen LogP contribution is 2.25. The number of carboxylic acids is 1. The third-order valence-electron chi connectivity index (χ3n) is 5.03. The molecule has 154 valence electrons. The third kappa shape index (κ3) is 4.56. The molecule has 0 saturated heterocycles. The van der Waals surface area contributed by atoms with Crippen molar-refractivity contribution in [1.29, 1.82) is 0 Å². The zero-order chi connectivity index (χ0) is 21.1. The lowest BCUT2D eigenvalue weighted by molar-refractivity contribution is -0.140. The Morgan fingerprint density at radius 3 is 2.69 bits per heavy atom. The Bertz CT molecular complexity index is 1080. The number of fused-ring (bicyclic) bond motifs is 1. The van der Waals surface area contributed by atoms with Gasteiger partial charge in [-0.15, -0.1) is 0 Å². The number of nitrogens with one attached hydrogen (secondary N) is 2. The van der Waals surface area contributed by atoms with Crippen molar-refractivity contribution in [3.63, 3.8) is 0 Å². The first-order chi connectivity index (χ1) is 13.8. The molecule has 1 atom stereocenters. The Kier molecular flexibility index (Phi) is 6.17. The maximum Gasteiger partial charge on any atom is 0.320 e. The second kappa shape index (κ2) is 8.61. The topological polar surface area (TPSA) is 100 Å². The van der Waals surface area contributed by atoms with Gasteiger partial charge in [-0.2, -0.15) is 0 Å². The summed E-state index contributed by atoms with van der Waals surface area (Å²) in [6.45, 7) is 9.08. The van der Waals surface area contributed by atoms with Crippen molar-refractivity contribution >= 4 is 17.0 Å². The van der Waals surface area contributed by atoms with Crippen molar-refractivity contribution in [3.8, 4) is 11.4 Å². The van der Waals surface area contributed by atoms with E-state index >= 15 is 0 Å². The first kappa shape index (κ1) is 20.8. The molecular formula is C22H28N4O3. The van der Waals surface area contributed by atoms with Gasteiger partial charge in [0, 0.05) is 30.4 Å². The van der Waals surface area contributed by atoms with Crippen LogP contribution < -0.4 is 10.9 Å². The standard InChI is InChI=1S/C22H28N4O3/c1-5-26-19-7-6-15(11-23-18(22(28)29)8-13(2)3)10-17(19)25-20(26)16-9-14(4)21(27)24-12-16/h6-7,9-10,12-13,18,23H,5,8,11H2,1-4H3,(H,24,27)(H,28,29)/t18-/m0/s1. The molecule has 0 fully saturated rings. The molecule has 29 heavy (non-hydrogen) atoms. The van der Waals surface area contributed by atoms with Crippen LogP contribution in [0.25, 0.3) is 22.4 Å². The largest absolute Gasteiger partial charge is 0.480 e. The van der Waals surface area contributed by atoms with E-state index < -0.39 is 12.0 Å². The van der Waals surface area contributed by atoms with Crippen LogP contribution in [0.15, 0.2) is 35.3 Å². The van der Waals surface area contributed by atoms with E-state index in [1.807, 2.05) is 38.1 Å². The number of benzene rings is 1. The number of aliphatic carboxylic acids is 1. The van der Waals surface area contributed by atoms with Crippen molar-refractivity contribution in [3.05, 3.63) is 51.9 Å². The minimum absolute atomic E-state index is 0.101. The summed E-state index contributed by atoms with van der Waals surface area (Å²) >= 11 is 0. The average molecular weight is 396 g/mol. The molecule has 0 spiro atoms. The normalized spacial score (nSPS) is 12.6. The van der Waals surface area contributed by atoms with Gasteiger partial charge >= 0.3 is 5.97 Å². The molecule has 7 heteroatoms. The van der Waals surface area contributed by atoms with Crippen molar-refractivity contribution in [2.75, 3.05) is 0 Å². The van der Waals surface area contributed by atoms with Crippen molar-refractivity contribution in [1.82, 2.24) is 19.9 Å².